The van der Waals surface area contributed by atoms with Crippen molar-refractivity contribution in [1.29, 1.82) is 0 Å². The van der Waals surface area contributed by atoms with E-state index in [1.165, 1.54) is 6.07 Å². The molecule has 2 nitrogen and oxygen atoms in total. The number of halogens is 5. The van der Waals surface area contributed by atoms with Crippen molar-refractivity contribution in [2.75, 3.05) is 0 Å². The van der Waals surface area contributed by atoms with Crippen LogP contribution in [0.2, 0.25) is 0 Å². The van der Waals surface area contributed by atoms with E-state index in [0.29, 0.717) is 12.4 Å². The first-order valence-electron chi connectivity index (χ1n) is 6.04. The Hall–Kier alpha value is -2.44. The molecule has 2 aromatic carbocycles. The summed E-state index contributed by atoms with van der Waals surface area (Å²) in [6.07, 6.45) is -4.36. The molecule has 0 bridgehead atoms. The fourth-order valence-corrected chi connectivity index (χ4v) is 1.84. The molecular formula is C15H9F5O2. The van der Waals surface area contributed by atoms with Crippen molar-refractivity contribution < 1.29 is 31.5 Å². The number of aldehydes is 1. The third-order valence-corrected chi connectivity index (χ3v) is 2.80. The largest absolute Gasteiger partial charge is 0.489 e. The second-order valence-electron chi connectivity index (χ2n) is 4.43. The Labute approximate surface area is 122 Å². The predicted molar refractivity (Wildman–Crippen MR) is 67.5 cm³/mol. The highest BCUT2D eigenvalue weighted by atomic mass is 19.4. The number of alkyl halides is 3. The van der Waals surface area contributed by atoms with Crippen LogP contribution < -0.4 is 4.74 Å². The van der Waals surface area contributed by atoms with Crippen LogP contribution in [0.25, 0.3) is 0 Å². The first-order valence-corrected chi connectivity index (χ1v) is 6.04. The fourth-order valence-electron chi connectivity index (χ4n) is 1.84. The summed E-state index contributed by atoms with van der Waals surface area (Å²) in [6.45, 7) is -0.545. The lowest BCUT2D eigenvalue weighted by Gasteiger charge is -2.14. The number of ether oxygens (including phenoxy) is 1. The van der Waals surface area contributed by atoms with Crippen LogP contribution >= 0.6 is 0 Å². The zero-order chi connectivity index (χ0) is 16.3. The molecule has 22 heavy (non-hydrogen) atoms. The van der Waals surface area contributed by atoms with Gasteiger partial charge in [0.15, 0.2) is 0 Å². The Morgan fingerprint density at radius 3 is 2.36 bits per heavy atom. The monoisotopic (exact) mass is 316 g/mol. The molecule has 116 valence electrons. The van der Waals surface area contributed by atoms with Gasteiger partial charge in [-0.05, 0) is 24.3 Å². The van der Waals surface area contributed by atoms with Gasteiger partial charge in [0.2, 0.25) is 0 Å². The second-order valence-corrected chi connectivity index (χ2v) is 4.43. The Kier molecular flexibility index (Phi) is 4.44. The van der Waals surface area contributed by atoms with Crippen LogP contribution in [0.4, 0.5) is 22.0 Å². The van der Waals surface area contributed by atoms with Crippen LogP contribution in [0.15, 0.2) is 36.4 Å². The quantitative estimate of drug-likeness (QED) is 0.618. The standard InChI is InChI=1S/C15H9F5O2/c16-11-2-1-10(14(6-11)15(18,19)20)8-22-13-4-9(7-21)3-12(17)5-13/h1-7H,8H2. The summed E-state index contributed by atoms with van der Waals surface area (Å²) in [6, 6.07) is 5.26. The topological polar surface area (TPSA) is 26.3 Å². The van der Waals surface area contributed by atoms with Gasteiger partial charge < -0.3 is 4.74 Å². The molecule has 0 aliphatic rings. The molecule has 0 N–H and O–H groups in total. The summed E-state index contributed by atoms with van der Waals surface area (Å²) in [5.41, 5.74) is -1.48. The molecule has 0 saturated carbocycles. The highest BCUT2D eigenvalue weighted by Gasteiger charge is 2.33. The van der Waals surface area contributed by atoms with E-state index in [-0.39, 0.29) is 16.9 Å². The van der Waals surface area contributed by atoms with E-state index in [9.17, 15) is 26.7 Å². The molecule has 0 fully saturated rings. The fraction of sp³-hybridized carbons (Fsp3) is 0.133. The van der Waals surface area contributed by atoms with Crippen molar-refractivity contribution in [2.24, 2.45) is 0 Å². The summed E-state index contributed by atoms with van der Waals surface area (Å²) >= 11 is 0. The van der Waals surface area contributed by atoms with E-state index in [1.54, 1.807) is 0 Å². The molecule has 7 heteroatoms. The van der Waals surface area contributed by atoms with Gasteiger partial charge in [-0.15, -0.1) is 0 Å². The van der Waals surface area contributed by atoms with Crippen molar-refractivity contribution >= 4 is 6.29 Å². The van der Waals surface area contributed by atoms with Gasteiger partial charge in [0.1, 0.15) is 30.3 Å². The highest BCUT2D eigenvalue weighted by molar-refractivity contribution is 5.75. The molecule has 0 heterocycles. The summed E-state index contributed by atoms with van der Waals surface area (Å²) in [7, 11) is 0. The van der Waals surface area contributed by atoms with Gasteiger partial charge in [0.05, 0.1) is 5.56 Å². The molecule has 0 aliphatic heterocycles. The molecule has 0 spiro atoms. The minimum atomic E-state index is -4.74. The minimum absolute atomic E-state index is 0.00912. The molecule has 0 amide bonds. The van der Waals surface area contributed by atoms with Crippen LogP contribution in [0.1, 0.15) is 21.5 Å². The predicted octanol–water partition coefficient (Wildman–Crippen LogP) is 4.38. The molecule has 2 aromatic rings. The van der Waals surface area contributed by atoms with Crippen molar-refractivity contribution in [1.82, 2.24) is 0 Å². The molecule has 0 radical (unpaired) electrons. The summed E-state index contributed by atoms with van der Waals surface area (Å²) < 4.78 is 69.7. The molecule has 0 unspecified atom stereocenters. The van der Waals surface area contributed by atoms with Gasteiger partial charge in [-0.25, -0.2) is 8.78 Å². The zero-order valence-electron chi connectivity index (χ0n) is 11.0. The van der Waals surface area contributed by atoms with Gasteiger partial charge in [-0.1, -0.05) is 6.07 Å². The van der Waals surface area contributed by atoms with Crippen LogP contribution in [0, 0.1) is 11.6 Å². The lowest BCUT2D eigenvalue weighted by molar-refractivity contribution is -0.138. The average molecular weight is 316 g/mol. The van der Waals surface area contributed by atoms with E-state index in [2.05, 4.69) is 0 Å². The Morgan fingerprint density at radius 1 is 1.00 bits per heavy atom. The summed E-state index contributed by atoms with van der Waals surface area (Å²) in [5, 5.41) is 0. The highest BCUT2D eigenvalue weighted by Crippen LogP contribution is 2.33. The summed E-state index contributed by atoms with van der Waals surface area (Å²) in [4.78, 5) is 10.6. The Balaban J connectivity index is 2.25. The second kappa shape index (κ2) is 6.13. The third-order valence-electron chi connectivity index (χ3n) is 2.80. The zero-order valence-corrected chi connectivity index (χ0v) is 11.0. The lowest BCUT2D eigenvalue weighted by Crippen LogP contribution is -2.11. The molecular weight excluding hydrogens is 307 g/mol. The van der Waals surface area contributed by atoms with Crippen LogP contribution in [-0.2, 0) is 12.8 Å². The smallest absolute Gasteiger partial charge is 0.416 e. The number of carbonyl (C=O) groups is 1. The Bertz CT molecular complexity index is 695. The maximum absolute atomic E-state index is 13.2. The number of carbonyl (C=O) groups excluding carboxylic acids is 1. The van der Waals surface area contributed by atoms with E-state index in [4.69, 9.17) is 4.74 Å². The molecule has 0 aliphatic carbocycles. The SMILES string of the molecule is O=Cc1cc(F)cc(OCc2ccc(F)cc2C(F)(F)F)c1. The normalized spacial score (nSPS) is 11.3. The molecule has 0 saturated heterocycles. The van der Waals surface area contributed by atoms with Gasteiger partial charge in [-0.3, -0.25) is 4.79 Å². The van der Waals surface area contributed by atoms with E-state index in [1.807, 2.05) is 0 Å². The van der Waals surface area contributed by atoms with Gasteiger partial charge in [-0.2, -0.15) is 13.2 Å². The minimum Gasteiger partial charge on any atom is -0.489 e. The molecule has 2 rings (SSSR count). The maximum atomic E-state index is 13.2. The number of rotatable bonds is 4. The van der Waals surface area contributed by atoms with Gasteiger partial charge in [0.25, 0.3) is 0 Å². The summed E-state index contributed by atoms with van der Waals surface area (Å²) in [5.74, 6) is -1.88. The van der Waals surface area contributed by atoms with Crippen LogP contribution in [0.3, 0.4) is 0 Å². The van der Waals surface area contributed by atoms with Crippen LogP contribution in [0.5, 0.6) is 5.75 Å². The van der Waals surface area contributed by atoms with Crippen molar-refractivity contribution in [3.05, 3.63) is 64.7 Å². The van der Waals surface area contributed by atoms with E-state index in [0.717, 1.165) is 24.3 Å². The van der Waals surface area contributed by atoms with E-state index >= 15 is 0 Å². The van der Waals surface area contributed by atoms with Crippen LogP contribution in [-0.4, -0.2) is 6.29 Å². The third kappa shape index (κ3) is 3.81. The first-order chi connectivity index (χ1) is 10.3. The maximum Gasteiger partial charge on any atom is 0.416 e. The van der Waals surface area contributed by atoms with Gasteiger partial charge in [0, 0.05) is 17.2 Å². The number of hydrogen-bond acceptors (Lipinski definition) is 2. The van der Waals surface area contributed by atoms with Crippen molar-refractivity contribution in [2.45, 2.75) is 12.8 Å². The molecule has 0 aromatic heterocycles. The van der Waals surface area contributed by atoms with E-state index < -0.39 is 30.0 Å². The van der Waals surface area contributed by atoms with Crippen molar-refractivity contribution in [3.63, 3.8) is 0 Å². The van der Waals surface area contributed by atoms with Crippen molar-refractivity contribution in [3.8, 4) is 5.75 Å². The number of benzene rings is 2. The Morgan fingerprint density at radius 2 is 1.73 bits per heavy atom. The average Bonchev–Trinajstić information content (AvgIpc) is 2.44. The number of hydrogen-bond donors (Lipinski definition) is 0. The lowest BCUT2D eigenvalue weighted by atomic mass is 10.1. The first kappa shape index (κ1) is 15.9. The molecule has 0 atom stereocenters. The van der Waals surface area contributed by atoms with Gasteiger partial charge >= 0.3 is 6.18 Å².